The minimum absolute atomic E-state index is 0.161. The molecule has 1 amide bonds. The molecule has 23 heavy (non-hydrogen) atoms. The summed E-state index contributed by atoms with van der Waals surface area (Å²) >= 11 is 0. The van der Waals surface area contributed by atoms with Gasteiger partial charge in [0.15, 0.2) is 0 Å². The number of hydrogen-bond donors (Lipinski definition) is 2. The molecule has 0 atom stereocenters. The maximum Gasteiger partial charge on any atom is 0.255 e. The van der Waals surface area contributed by atoms with Crippen molar-refractivity contribution in [3.05, 3.63) is 54.4 Å². The Morgan fingerprint density at radius 3 is 2.57 bits per heavy atom. The summed E-state index contributed by atoms with van der Waals surface area (Å²) in [5, 5.41) is 2.88. The molecular formula is C18H19N3O2. The summed E-state index contributed by atoms with van der Waals surface area (Å²) < 4.78 is 5.76. The highest BCUT2D eigenvalue weighted by Crippen LogP contribution is 2.21. The number of carbonyl (C=O) groups is 1. The van der Waals surface area contributed by atoms with Crippen LogP contribution in [0.2, 0.25) is 0 Å². The highest BCUT2D eigenvalue weighted by Gasteiger charge is 2.12. The second kappa shape index (κ2) is 5.76. The molecule has 2 aromatic carbocycles. The molecular weight excluding hydrogens is 290 g/mol. The number of aromatic nitrogens is 2. The first-order chi connectivity index (χ1) is 10.9. The van der Waals surface area contributed by atoms with Crippen LogP contribution in [0.15, 0.2) is 48.8 Å². The van der Waals surface area contributed by atoms with E-state index >= 15 is 0 Å². The van der Waals surface area contributed by atoms with E-state index < -0.39 is 0 Å². The van der Waals surface area contributed by atoms with E-state index in [9.17, 15) is 4.79 Å². The van der Waals surface area contributed by atoms with Gasteiger partial charge in [-0.1, -0.05) is 0 Å². The largest absolute Gasteiger partial charge is 0.488 e. The summed E-state index contributed by atoms with van der Waals surface area (Å²) in [5.41, 5.74) is 2.74. The number of carbonyl (C=O) groups excluding carboxylic acids is 1. The molecule has 118 valence electrons. The smallest absolute Gasteiger partial charge is 0.255 e. The first kappa shape index (κ1) is 15.1. The topological polar surface area (TPSA) is 67.0 Å². The van der Waals surface area contributed by atoms with Crippen molar-refractivity contribution in [2.75, 3.05) is 5.32 Å². The second-order valence-electron chi connectivity index (χ2n) is 6.33. The summed E-state index contributed by atoms with van der Waals surface area (Å²) in [5.74, 6) is 0.611. The van der Waals surface area contributed by atoms with Gasteiger partial charge in [-0.25, -0.2) is 4.98 Å². The Hall–Kier alpha value is -2.82. The number of fused-ring (bicyclic) bond motifs is 1. The fourth-order valence-corrected chi connectivity index (χ4v) is 2.24. The van der Waals surface area contributed by atoms with Gasteiger partial charge in [-0.15, -0.1) is 0 Å². The molecule has 0 aliphatic heterocycles. The van der Waals surface area contributed by atoms with Gasteiger partial charge in [0.2, 0.25) is 0 Å². The number of nitrogens with zero attached hydrogens (tertiary/aromatic N) is 1. The molecule has 5 heteroatoms. The van der Waals surface area contributed by atoms with Gasteiger partial charge in [0, 0.05) is 11.3 Å². The van der Waals surface area contributed by atoms with Gasteiger partial charge in [0.25, 0.3) is 5.91 Å². The molecule has 0 saturated heterocycles. The summed E-state index contributed by atoms with van der Waals surface area (Å²) in [6.45, 7) is 5.98. The second-order valence-corrected chi connectivity index (χ2v) is 6.33. The third-order valence-electron chi connectivity index (χ3n) is 3.22. The van der Waals surface area contributed by atoms with Crippen LogP contribution in [-0.2, 0) is 0 Å². The van der Waals surface area contributed by atoms with Crippen LogP contribution in [0, 0.1) is 0 Å². The summed E-state index contributed by atoms with van der Waals surface area (Å²) in [6.07, 6.45) is 1.61. The van der Waals surface area contributed by atoms with E-state index in [1.165, 1.54) is 0 Å². The van der Waals surface area contributed by atoms with Crippen molar-refractivity contribution >= 4 is 22.6 Å². The van der Waals surface area contributed by atoms with Gasteiger partial charge in [-0.05, 0) is 63.2 Å². The van der Waals surface area contributed by atoms with Crippen LogP contribution < -0.4 is 10.1 Å². The van der Waals surface area contributed by atoms with Crippen molar-refractivity contribution in [2.24, 2.45) is 0 Å². The molecule has 5 nitrogen and oxygen atoms in total. The molecule has 1 heterocycles. The van der Waals surface area contributed by atoms with Crippen molar-refractivity contribution < 1.29 is 9.53 Å². The lowest BCUT2D eigenvalue weighted by Gasteiger charge is -2.21. The van der Waals surface area contributed by atoms with Crippen molar-refractivity contribution in [3.63, 3.8) is 0 Å². The zero-order valence-corrected chi connectivity index (χ0v) is 13.4. The normalized spacial score (nSPS) is 11.4. The number of imidazole rings is 1. The zero-order valence-electron chi connectivity index (χ0n) is 13.4. The Labute approximate surface area is 134 Å². The summed E-state index contributed by atoms with van der Waals surface area (Å²) in [7, 11) is 0. The lowest BCUT2D eigenvalue weighted by atomic mass is 10.1. The quantitative estimate of drug-likeness (QED) is 0.768. The Morgan fingerprint density at radius 1 is 1.13 bits per heavy atom. The van der Waals surface area contributed by atoms with E-state index in [2.05, 4.69) is 15.3 Å². The highest BCUT2D eigenvalue weighted by molar-refractivity contribution is 6.05. The number of aromatic amines is 1. The number of anilines is 1. The van der Waals surface area contributed by atoms with Gasteiger partial charge in [-0.3, -0.25) is 4.79 Å². The molecule has 0 fully saturated rings. The lowest BCUT2D eigenvalue weighted by Crippen LogP contribution is -2.22. The van der Waals surface area contributed by atoms with E-state index in [1.54, 1.807) is 18.5 Å². The number of rotatable bonds is 3. The maximum absolute atomic E-state index is 12.3. The van der Waals surface area contributed by atoms with Crippen molar-refractivity contribution in [3.8, 4) is 5.75 Å². The predicted octanol–water partition coefficient (Wildman–Crippen LogP) is 3.99. The van der Waals surface area contributed by atoms with Crippen molar-refractivity contribution in [1.82, 2.24) is 9.97 Å². The first-order valence-electron chi connectivity index (χ1n) is 7.44. The molecule has 0 unspecified atom stereocenters. The summed E-state index contributed by atoms with van der Waals surface area (Å²) in [6, 6.07) is 12.7. The van der Waals surface area contributed by atoms with Crippen molar-refractivity contribution in [1.29, 1.82) is 0 Å². The molecule has 0 aliphatic rings. The Bertz CT molecular complexity index is 829. The van der Waals surface area contributed by atoms with Crippen LogP contribution in [0.4, 0.5) is 5.69 Å². The minimum Gasteiger partial charge on any atom is -0.488 e. The fourth-order valence-electron chi connectivity index (χ4n) is 2.24. The van der Waals surface area contributed by atoms with E-state index in [4.69, 9.17) is 4.74 Å². The number of benzene rings is 2. The van der Waals surface area contributed by atoms with Gasteiger partial charge in [0.1, 0.15) is 11.4 Å². The molecule has 0 spiro atoms. The van der Waals surface area contributed by atoms with Crippen LogP contribution in [0.1, 0.15) is 31.1 Å². The average molecular weight is 309 g/mol. The predicted molar refractivity (Wildman–Crippen MR) is 90.9 cm³/mol. The maximum atomic E-state index is 12.3. The fraction of sp³-hybridized carbons (Fsp3) is 0.222. The van der Waals surface area contributed by atoms with Crippen LogP contribution >= 0.6 is 0 Å². The van der Waals surface area contributed by atoms with E-state index in [-0.39, 0.29) is 11.5 Å². The molecule has 2 N–H and O–H groups in total. The molecule has 0 bridgehead atoms. The number of nitrogens with one attached hydrogen (secondary N) is 2. The monoisotopic (exact) mass is 309 g/mol. The zero-order chi connectivity index (χ0) is 16.4. The standard InChI is InChI=1S/C18H19N3O2/c1-18(2,3)23-14-7-5-13(6-8-14)21-17(22)12-4-9-15-16(10-12)20-11-19-15/h4-11H,1-3H3,(H,19,20)(H,21,22). The molecule has 0 saturated carbocycles. The van der Waals surface area contributed by atoms with Gasteiger partial charge >= 0.3 is 0 Å². The Morgan fingerprint density at radius 2 is 1.87 bits per heavy atom. The number of hydrogen-bond acceptors (Lipinski definition) is 3. The Kier molecular flexibility index (Phi) is 3.78. The van der Waals surface area contributed by atoms with E-state index in [1.807, 2.05) is 51.1 Å². The van der Waals surface area contributed by atoms with Gasteiger partial charge in [0.05, 0.1) is 17.4 Å². The van der Waals surface area contributed by atoms with Crippen LogP contribution in [0.3, 0.4) is 0 Å². The molecule has 0 radical (unpaired) electrons. The molecule has 3 aromatic rings. The van der Waals surface area contributed by atoms with Crippen LogP contribution in [-0.4, -0.2) is 21.5 Å². The van der Waals surface area contributed by atoms with Crippen LogP contribution in [0.5, 0.6) is 5.75 Å². The molecule has 0 aliphatic carbocycles. The van der Waals surface area contributed by atoms with Gasteiger partial charge in [-0.2, -0.15) is 0 Å². The SMILES string of the molecule is CC(C)(C)Oc1ccc(NC(=O)c2ccc3nc[nH]c3c2)cc1. The minimum atomic E-state index is -0.246. The van der Waals surface area contributed by atoms with Gasteiger partial charge < -0.3 is 15.0 Å². The molecule has 3 rings (SSSR count). The first-order valence-corrected chi connectivity index (χ1v) is 7.44. The lowest BCUT2D eigenvalue weighted by molar-refractivity contribution is 0.102. The molecule has 1 aromatic heterocycles. The third kappa shape index (κ3) is 3.69. The van der Waals surface area contributed by atoms with E-state index in [0.29, 0.717) is 5.56 Å². The van der Waals surface area contributed by atoms with Crippen molar-refractivity contribution in [2.45, 2.75) is 26.4 Å². The van der Waals surface area contributed by atoms with E-state index in [0.717, 1.165) is 22.5 Å². The number of H-pyrrole nitrogens is 1. The highest BCUT2D eigenvalue weighted by atomic mass is 16.5. The Balaban J connectivity index is 1.72. The average Bonchev–Trinajstić information content (AvgIpc) is 2.95. The summed E-state index contributed by atoms with van der Waals surface area (Å²) in [4.78, 5) is 19.5. The third-order valence-corrected chi connectivity index (χ3v) is 3.22. The number of amides is 1. The number of ether oxygens (including phenoxy) is 1. The van der Waals surface area contributed by atoms with Crippen LogP contribution in [0.25, 0.3) is 11.0 Å².